The maximum absolute atomic E-state index is 13.5. The zero-order valence-electron chi connectivity index (χ0n) is 13.6. The molecule has 1 aromatic heterocycles. The fourth-order valence-electron chi connectivity index (χ4n) is 2.55. The predicted molar refractivity (Wildman–Crippen MR) is 86.5 cm³/mol. The number of phenols is 2. The molecular weight excluding hydrogens is 371 g/mol. The van der Waals surface area contributed by atoms with E-state index >= 15 is 0 Å². The van der Waals surface area contributed by atoms with Gasteiger partial charge in [0.1, 0.15) is 0 Å². The van der Waals surface area contributed by atoms with E-state index in [1.54, 1.807) is 0 Å². The Balaban J connectivity index is 2.35. The third-order valence-electron chi connectivity index (χ3n) is 3.80. The van der Waals surface area contributed by atoms with E-state index in [0.717, 1.165) is 31.4 Å². The van der Waals surface area contributed by atoms with Crippen LogP contribution in [0.15, 0.2) is 45.6 Å². The van der Waals surface area contributed by atoms with Crippen molar-refractivity contribution in [3.8, 4) is 22.6 Å². The smallest absolute Gasteiger partial charge is 0.450 e. The molecule has 0 atom stereocenters. The van der Waals surface area contributed by atoms with Gasteiger partial charge in [0.15, 0.2) is 18.4 Å². The maximum atomic E-state index is 13.5. The van der Waals surface area contributed by atoms with Crippen molar-refractivity contribution in [1.29, 1.82) is 0 Å². The van der Waals surface area contributed by atoms with Crippen molar-refractivity contribution in [2.24, 2.45) is 0 Å². The molecule has 0 bridgehead atoms. The second kappa shape index (κ2) is 6.31. The lowest BCUT2D eigenvalue weighted by Gasteiger charge is -2.13. The number of halogens is 3. The number of fused-ring (bicyclic) bond motifs is 1. The Morgan fingerprint density at radius 1 is 1.07 bits per heavy atom. The van der Waals surface area contributed by atoms with E-state index in [1.807, 2.05) is 0 Å². The quantitative estimate of drug-likeness (QED) is 0.527. The van der Waals surface area contributed by atoms with E-state index in [2.05, 4.69) is 4.84 Å². The summed E-state index contributed by atoms with van der Waals surface area (Å²) in [4.78, 5) is 28.6. The molecule has 0 fully saturated rings. The van der Waals surface area contributed by atoms with Gasteiger partial charge in [0.2, 0.25) is 16.9 Å². The second-order valence-electron chi connectivity index (χ2n) is 5.43. The molecule has 140 valence electrons. The average Bonchev–Trinajstić information content (AvgIpc) is 2.63. The van der Waals surface area contributed by atoms with Gasteiger partial charge >= 0.3 is 11.9 Å². The van der Waals surface area contributed by atoms with Crippen LogP contribution in [0.4, 0.5) is 18.9 Å². The summed E-state index contributed by atoms with van der Waals surface area (Å²) in [6, 6.07) is 6.61. The highest BCUT2D eigenvalue weighted by atomic mass is 19.4. The zero-order chi connectivity index (χ0) is 19.9. The number of nitrogens with zero attached hydrogens (tertiary/aromatic N) is 1. The van der Waals surface area contributed by atoms with Gasteiger partial charge in [-0.15, -0.1) is 0 Å². The van der Waals surface area contributed by atoms with E-state index in [1.165, 1.54) is 12.1 Å². The molecule has 0 saturated carbocycles. The van der Waals surface area contributed by atoms with Crippen LogP contribution in [-0.4, -0.2) is 22.2 Å². The Kier molecular flexibility index (Phi) is 4.26. The molecule has 0 amide bonds. The number of hydrogen-bond donors (Lipinski definition) is 2. The molecule has 2 N–H and O–H groups in total. The predicted octanol–water partition coefficient (Wildman–Crippen LogP) is 3.86. The van der Waals surface area contributed by atoms with Crippen LogP contribution in [0.1, 0.15) is 5.76 Å². The second-order valence-corrected chi connectivity index (χ2v) is 5.43. The van der Waals surface area contributed by atoms with Crippen molar-refractivity contribution in [3.05, 3.63) is 57.3 Å². The summed E-state index contributed by atoms with van der Waals surface area (Å²) >= 11 is 0. The Hall–Kier alpha value is -3.56. The van der Waals surface area contributed by atoms with E-state index in [4.69, 9.17) is 4.42 Å². The fourth-order valence-corrected chi connectivity index (χ4v) is 2.55. The Bertz CT molecular complexity index is 1100. The summed E-state index contributed by atoms with van der Waals surface area (Å²) in [7, 11) is 1.11. The molecule has 0 saturated heterocycles. The summed E-state index contributed by atoms with van der Waals surface area (Å²) in [6.45, 7) is 0. The van der Waals surface area contributed by atoms with Crippen LogP contribution in [0.2, 0.25) is 0 Å². The normalized spacial score (nSPS) is 11.6. The molecule has 0 aliphatic carbocycles. The van der Waals surface area contributed by atoms with E-state index in [-0.39, 0.29) is 21.6 Å². The molecule has 0 aliphatic heterocycles. The topological polar surface area (TPSA) is 100.0 Å². The summed E-state index contributed by atoms with van der Waals surface area (Å²) in [5.41, 5.74) is -2.78. The molecule has 1 heterocycles. The van der Waals surface area contributed by atoms with Gasteiger partial charge in [-0.05, 0) is 29.8 Å². The number of hydrogen-bond acceptors (Lipinski definition) is 6. The van der Waals surface area contributed by atoms with Crippen LogP contribution in [0.25, 0.3) is 22.1 Å². The molecule has 0 unspecified atom stereocenters. The Morgan fingerprint density at radius 3 is 2.26 bits per heavy atom. The van der Waals surface area contributed by atoms with Gasteiger partial charge in [-0.25, -0.2) is 4.84 Å². The number of alkyl halides is 3. The molecule has 2 aromatic carbocycles. The average molecular weight is 382 g/mol. The highest BCUT2D eigenvalue weighted by molar-refractivity contribution is 5.88. The lowest BCUT2D eigenvalue weighted by molar-refractivity contribution is -0.736. The van der Waals surface area contributed by atoms with E-state index in [9.17, 15) is 33.1 Å². The molecule has 0 spiro atoms. The van der Waals surface area contributed by atoms with E-state index in [0.29, 0.717) is 0 Å². The molecule has 10 heteroatoms. The third kappa shape index (κ3) is 3.05. The largest absolute Gasteiger partial charge is 0.504 e. The maximum Gasteiger partial charge on any atom is 0.450 e. The van der Waals surface area contributed by atoms with Crippen LogP contribution in [0.3, 0.4) is 0 Å². The standard InChI is InChI=1S/C17H10F3NO6/c1-26-21(25)9-4-2-8(3-5-9)12-13(23)10-6-7-11(22)14(24)15(10)27-16(12)17(18,19)20/h2-7H,1H3,(H-,22,23,24)/p+1. The minimum Gasteiger partial charge on any atom is -0.504 e. The summed E-state index contributed by atoms with van der Waals surface area (Å²) < 4.78 is 45.2. The van der Waals surface area contributed by atoms with Gasteiger partial charge in [-0.1, -0.05) is 0 Å². The molecule has 27 heavy (non-hydrogen) atoms. The van der Waals surface area contributed by atoms with Crippen molar-refractivity contribution in [2.75, 3.05) is 7.11 Å². The van der Waals surface area contributed by atoms with Crippen molar-refractivity contribution in [2.45, 2.75) is 6.18 Å². The first-order valence-electron chi connectivity index (χ1n) is 7.36. The lowest BCUT2D eigenvalue weighted by atomic mass is 10.0. The highest BCUT2D eigenvalue weighted by Gasteiger charge is 2.40. The van der Waals surface area contributed by atoms with Gasteiger partial charge in [0, 0.05) is 12.1 Å². The zero-order valence-corrected chi connectivity index (χ0v) is 13.6. The summed E-state index contributed by atoms with van der Waals surface area (Å²) in [6.07, 6.45) is -5.06. The molecule has 3 aromatic rings. The molecule has 0 aliphatic rings. The first-order valence-corrected chi connectivity index (χ1v) is 7.36. The van der Waals surface area contributed by atoms with Crippen molar-refractivity contribution >= 4 is 16.7 Å². The number of rotatable bonds is 3. The Morgan fingerprint density at radius 2 is 1.70 bits per heavy atom. The van der Waals surface area contributed by atoms with Gasteiger partial charge in [-0.2, -0.15) is 13.2 Å². The van der Waals surface area contributed by atoms with Crippen molar-refractivity contribution in [3.63, 3.8) is 0 Å². The summed E-state index contributed by atoms with van der Waals surface area (Å²) in [5.74, 6) is -3.34. The van der Waals surface area contributed by atoms with Crippen LogP contribution >= 0.6 is 0 Å². The van der Waals surface area contributed by atoms with Crippen LogP contribution < -0.4 is 5.43 Å². The van der Waals surface area contributed by atoms with Crippen LogP contribution in [-0.2, 0) is 11.0 Å². The van der Waals surface area contributed by atoms with Gasteiger partial charge in [0.05, 0.1) is 15.9 Å². The molecular formula is C17H11F3NO6+. The van der Waals surface area contributed by atoms with Gasteiger partial charge < -0.3 is 14.6 Å². The Labute approximate surface area is 148 Å². The highest BCUT2D eigenvalue weighted by Crippen LogP contribution is 2.41. The molecule has 3 rings (SSSR count). The minimum absolute atomic E-state index is 0.00236. The first-order chi connectivity index (χ1) is 12.6. The van der Waals surface area contributed by atoms with Crippen molar-refractivity contribution < 1.29 is 37.6 Å². The van der Waals surface area contributed by atoms with Crippen LogP contribution in [0.5, 0.6) is 11.5 Å². The monoisotopic (exact) mass is 382 g/mol. The third-order valence-corrected chi connectivity index (χ3v) is 3.80. The number of aromatic hydroxyl groups is 2. The van der Waals surface area contributed by atoms with E-state index < -0.39 is 40.0 Å². The fraction of sp³-hybridized carbons (Fsp3) is 0.118. The molecule has 0 radical (unpaired) electrons. The minimum atomic E-state index is -5.06. The van der Waals surface area contributed by atoms with Gasteiger partial charge in [-0.3, -0.25) is 4.79 Å². The SMILES string of the molecule is CO[N+](=O)c1ccc(-c2c(C(F)(F)F)oc3c(O)c(O)ccc3c2=O)cc1. The lowest BCUT2D eigenvalue weighted by Crippen LogP contribution is -2.16. The van der Waals surface area contributed by atoms with Crippen LogP contribution in [0, 0.1) is 4.91 Å². The van der Waals surface area contributed by atoms with Crippen molar-refractivity contribution in [1.82, 2.24) is 0 Å². The summed E-state index contributed by atoms with van der Waals surface area (Å²) in [5, 5.41) is 18.9. The first kappa shape index (κ1) is 18.2. The van der Waals surface area contributed by atoms with Gasteiger partial charge in [0.25, 0.3) is 4.92 Å². The number of phenolic OH excluding ortho intramolecular Hbond substituents is 2. The molecule has 7 nitrogen and oxygen atoms in total. The number of benzene rings is 2.